The number of rotatable bonds is 5. The van der Waals surface area contributed by atoms with Gasteiger partial charge in [0.1, 0.15) is 5.82 Å². The van der Waals surface area contributed by atoms with Crippen molar-refractivity contribution in [3.05, 3.63) is 58.1 Å². The molecule has 0 amide bonds. The SMILES string of the molecule is CC(Cc1ccccc1)Nc1ccc([N+](=O)[O-])c(N)n1. The van der Waals surface area contributed by atoms with Gasteiger partial charge in [-0.05, 0) is 25.0 Å². The summed E-state index contributed by atoms with van der Waals surface area (Å²) in [6.45, 7) is 2.02. The van der Waals surface area contributed by atoms with Crippen molar-refractivity contribution in [1.82, 2.24) is 4.98 Å². The maximum Gasteiger partial charge on any atom is 0.311 e. The second-order valence-electron chi connectivity index (χ2n) is 4.59. The number of nitrogens with zero attached hydrogens (tertiary/aromatic N) is 2. The van der Waals surface area contributed by atoms with Crippen LogP contribution in [0, 0.1) is 10.1 Å². The highest BCUT2D eigenvalue weighted by molar-refractivity contribution is 5.57. The Morgan fingerprint density at radius 1 is 1.30 bits per heavy atom. The number of pyridine rings is 1. The summed E-state index contributed by atoms with van der Waals surface area (Å²) in [5, 5.41) is 13.8. The van der Waals surface area contributed by atoms with Gasteiger partial charge in [-0.3, -0.25) is 10.1 Å². The maximum atomic E-state index is 10.7. The summed E-state index contributed by atoms with van der Waals surface area (Å²) in [5.74, 6) is 0.462. The standard InChI is InChI=1S/C14H16N4O2/c1-10(9-11-5-3-2-4-6-11)16-13-8-7-12(18(19)20)14(15)17-13/h2-8,10H,9H2,1H3,(H3,15,16,17). The molecule has 3 N–H and O–H groups in total. The molecule has 0 aliphatic heterocycles. The highest BCUT2D eigenvalue weighted by Crippen LogP contribution is 2.21. The minimum Gasteiger partial charge on any atom is -0.378 e. The van der Waals surface area contributed by atoms with Crippen molar-refractivity contribution >= 4 is 17.3 Å². The van der Waals surface area contributed by atoms with Crippen LogP contribution in [0.1, 0.15) is 12.5 Å². The molecule has 0 fully saturated rings. The third-order valence-corrected chi connectivity index (χ3v) is 2.88. The van der Waals surface area contributed by atoms with E-state index in [-0.39, 0.29) is 17.5 Å². The van der Waals surface area contributed by atoms with Crippen molar-refractivity contribution in [3.63, 3.8) is 0 Å². The normalized spacial score (nSPS) is 11.8. The predicted molar refractivity (Wildman–Crippen MR) is 78.5 cm³/mol. The molecule has 0 saturated carbocycles. The van der Waals surface area contributed by atoms with Crippen molar-refractivity contribution in [2.75, 3.05) is 11.1 Å². The first-order valence-corrected chi connectivity index (χ1v) is 6.27. The summed E-state index contributed by atoms with van der Waals surface area (Å²) in [7, 11) is 0. The number of nitrogens with one attached hydrogen (secondary N) is 1. The molecule has 1 atom stereocenters. The average Bonchev–Trinajstić information content (AvgIpc) is 2.39. The summed E-state index contributed by atoms with van der Waals surface area (Å²) >= 11 is 0. The number of anilines is 2. The Morgan fingerprint density at radius 3 is 2.60 bits per heavy atom. The van der Waals surface area contributed by atoms with E-state index in [4.69, 9.17) is 5.73 Å². The quantitative estimate of drug-likeness (QED) is 0.644. The summed E-state index contributed by atoms with van der Waals surface area (Å²) in [4.78, 5) is 14.1. The van der Waals surface area contributed by atoms with Crippen molar-refractivity contribution < 1.29 is 4.92 Å². The van der Waals surface area contributed by atoms with E-state index in [1.165, 1.54) is 11.6 Å². The number of nitro groups is 1. The molecule has 2 aromatic rings. The molecule has 0 aliphatic rings. The minimum atomic E-state index is -0.542. The molecule has 1 unspecified atom stereocenters. The van der Waals surface area contributed by atoms with Gasteiger partial charge in [0.2, 0.25) is 5.82 Å². The smallest absolute Gasteiger partial charge is 0.311 e. The van der Waals surface area contributed by atoms with Crippen molar-refractivity contribution in [2.45, 2.75) is 19.4 Å². The fourth-order valence-electron chi connectivity index (χ4n) is 1.97. The summed E-state index contributed by atoms with van der Waals surface area (Å²) in [6, 6.07) is 13.1. The number of nitrogens with two attached hydrogens (primary N) is 1. The zero-order valence-corrected chi connectivity index (χ0v) is 11.1. The van der Waals surface area contributed by atoms with Gasteiger partial charge in [0.05, 0.1) is 4.92 Å². The first kappa shape index (κ1) is 13.8. The largest absolute Gasteiger partial charge is 0.378 e. The number of hydrogen-bond acceptors (Lipinski definition) is 5. The van der Waals surface area contributed by atoms with Crippen molar-refractivity contribution in [3.8, 4) is 0 Å². The van der Waals surface area contributed by atoms with Gasteiger partial charge in [0.15, 0.2) is 0 Å². The predicted octanol–water partition coefficient (Wildman–Crippen LogP) is 2.62. The monoisotopic (exact) mass is 272 g/mol. The highest BCUT2D eigenvalue weighted by atomic mass is 16.6. The lowest BCUT2D eigenvalue weighted by molar-refractivity contribution is -0.384. The average molecular weight is 272 g/mol. The number of aromatic nitrogens is 1. The van der Waals surface area contributed by atoms with Crippen LogP contribution in [0.4, 0.5) is 17.3 Å². The van der Waals surface area contributed by atoms with Gasteiger partial charge in [0.25, 0.3) is 0 Å². The molecule has 1 heterocycles. The van der Waals surface area contributed by atoms with Gasteiger partial charge in [-0.15, -0.1) is 0 Å². The molecule has 0 bridgehead atoms. The first-order chi connectivity index (χ1) is 9.56. The second kappa shape index (κ2) is 6.01. The Kier molecular flexibility index (Phi) is 4.14. The van der Waals surface area contributed by atoms with Crippen LogP contribution in [0.25, 0.3) is 0 Å². The summed E-state index contributed by atoms with van der Waals surface area (Å²) < 4.78 is 0. The van der Waals surface area contributed by atoms with E-state index in [2.05, 4.69) is 22.4 Å². The zero-order chi connectivity index (χ0) is 14.5. The highest BCUT2D eigenvalue weighted by Gasteiger charge is 2.13. The number of nitrogen functional groups attached to an aromatic ring is 1. The van der Waals surface area contributed by atoms with Crippen LogP contribution in [0.3, 0.4) is 0 Å². The van der Waals surface area contributed by atoms with Crippen LogP contribution >= 0.6 is 0 Å². The fraction of sp³-hybridized carbons (Fsp3) is 0.214. The maximum absolute atomic E-state index is 10.7. The number of hydrogen-bond donors (Lipinski definition) is 2. The molecule has 6 nitrogen and oxygen atoms in total. The van der Waals surface area contributed by atoms with Crippen molar-refractivity contribution in [2.24, 2.45) is 0 Å². The Morgan fingerprint density at radius 2 is 2.00 bits per heavy atom. The minimum absolute atomic E-state index is 0.0769. The van der Waals surface area contributed by atoms with Gasteiger partial charge < -0.3 is 11.1 Å². The third-order valence-electron chi connectivity index (χ3n) is 2.88. The molecular weight excluding hydrogens is 256 g/mol. The molecule has 0 spiro atoms. The van der Waals surface area contributed by atoms with Crippen LogP contribution in [0.5, 0.6) is 0 Å². The van der Waals surface area contributed by atoms with E-state index >= 15 is 0 Å². The molecule has 20 heavy (non-hydrogen) atoms. The molecule has 2 rings (SSSR count). The van der Waals surface area contributed by atoms with Crippen LogP contribution < -0.4 is 11.1 Å². The molecule has 0 saturated heterocycles. The molecule has 6 heteroatoms. The topological polar surface area (TPSA) is 94.1 Å². The van der Waals surface area contributed by atoms with E-state index in [0.29, 0.717) is 5.82 Å². The lowest BCUT2D eigenvalue weighted by Crippen LogP contribution is -2.19. The lowest BCUT2D eigenvalue weighted by atomic mass is 10.1. The molecule has 0 aliphatic carbocycles. The Balaban J connectivity index is 2.03. The van der Waals surface area contributed by atoms with Crippen LogP contribution in [0.2, 0.25) is 0 Å². The van der Waals surface area contributed by atoms with Gasteiger partial charge in [-0.2, -0.15) is 0 Å². The third kappa shape index (κ3) is 3.44. The van der Waals surface area contributed by atoms with Gasteiger partial charge in [-0.1, -0.05) is 30.3 Å². The molecule has 104 valence electrons. The van der Waals surface area contributed by atoms with Crippen molar-refractivity contribution in [1.29, 1.82) is 0 Å². The Bertz CT molecular complexity index is 601. The van der Waals surface area contributed by atoms with E-state index in [1.807, 2.05) is 25.1 Å². The molecular formula is C14H16N4O2. The number of benzene rings is 1. The van der Waals surface area contributed by atoms with Crippen LogP contribution in [0.15, 0.2) is 42.5 Å². The Hall–Kier alpha value is -2.63. The van der Waals surface area contributed by atoms with E-state index in [1.54, 1.807) is 6.07 Å². The Labute approximate surface area is 116 Å². The molecule has 1 aromatic carbocycles. The van der Waals surface area contributed by atoms with E-state index in [9.17, 15) is 10.1 Å². The summed E-state index contributed by atoms with van der Waals surface area (Å²) in [5.41, 5.74) is 6.59. The van der Waals surface area contributed by atoms with Crippen LogP contribution in [-0.4, -0.2) is 15.9 Å². The second-order valence-corrected chi connectivity index (χ2v) is 4.59. The summed E-state index contributed by atoms with van der Waals surface area (Å²) in [6.07, 6.45) is 0.833. The van der Waals surface area contributed by atoms with Gasteiger partial charge in [0, 0.05) is 12.1 Å². The van der Waals surface area contributed by atoms with E-state index < -0.39 is 4.92 Å². The first-order valence-electron chi connectivity index (χ1n) is 6.27. The van der Waals surface area contributed by atoms with E-state index in [0.717, 1.165) is 6.42 Å². The molecule has 1 aromatic heterocycles. The fourth-order valence-corrected chi connectivity index (χ4v) is 1.97. The molecule has 0 radical (unpaired) electrons. The zero-order valence-electron chi connectivity index (χ0n) is 11.1. The van der Waals surface area contributed by atoms with Crippen LogP contribution in [-0.2, 0) is 6.42 Å². The lowest BCUT2D eigenvalue weighted by Gasteiger charge is -2.14. The van der Waals surface area contributed by atoms with Gasteiger partial charge in [-0.25, -0.2) is 4.98 Å². The van der Waals surface area contributed by atoms with Gasteiger partial charge >= 0.3 is 5.69 Å².